The summed E-state index contributed by atoms with van der Waals surface area (Å²) in [5.41, 5.74) is -0.184. The number of aromatic nitrogens is 1. The molecule has 21 heavy (non-hydrogen) atoms. The van der Waals surface area contributed by atoms with Crippen molar-refractivity contribution in [3.05, 3.63) is 24.4 Å². The van der Waals surface area contributed by atoms with Crippen molar-refractivity contribution in [2.75, 3.05) is 31.0 Å². The van der Waals surface area contributed by atoms with Gasteiger partial charge in [-0.2, -0.15) is 0 Å². The number of hydrogen-bond acceptors (Lipinski definition) is 4. The second-order valence-corrected chi connectivity index (χ2v) is 6.12. The lowest BCUT2D eigenvalue weighted by Crippen LogP contribution is -2.43. The van der Waals surface area contributed by atoms with E-state index in [4.69, 9.17) is 21.1 Å². The molecule has 2 heterocycles. The number of pyridine rings is 1. The summed E-state index contributed by atoms with van der Waals surface area (Å²) in [5.74, 6) is 2.99. The summed E-state index contributed by atoms with van der Waals surface area (Å²) in [7, 11) is 2.01. The molecule has 1 aliphatic heterocycles. The number of alkyl halides is 1. The third-order valence-electron chi connectivity index (χ3n) is 3.96. The Balaban J connectivity index is 2.15. The number of ether oxygens (including phenoxy) is 2. The SMILES string of the molecule is CN(c1nccc2cc3c(cc12)OCCO3)C(C)(C)CCl. The Morgan fingerprint density at radius 2 is 1.90 bits per heavy atom. The molecule has 1 aromatic carbocycles. The van der Waals surface area contributed by atoms with Crippen molar-refractivity contribution in [3.63, 3.8) is 0 Å². The molecular formula is C16H19ClN2O2. The predicted molar refractivity (Wildman–Crippen MR) is 85.9 cm³/mol. The number of hydrogen-bond donors (Lipinski definition) is 0. The van der Waals surface area contributed by atoms with Crippen LogP contribution in [0.25, 0.3) is 10.8 Å². The van der Waals surface area contributed by atoms with Crippen LogP contribution in [-0.2, 0) is 0 Å². The first kappa shape index (κ1) is 14.3. The van der Waals surface area contributed by atoms with Crippen molar-refractivity contribution in [2.24, 2.45) is 0 Å². The second-order valence-electron chi connectivity index (χ2n) is 5.86. The van der Waals surface area contributed by atoms with Gasteiger partial charge in [-0.05, 0) is 37.4 Å². The van der Waals surface area contributed by atoms with E-state index in [0.29, 0.717) is 19.1 Å². The third kappa shape index (κ3) is 2.48. The number of halogens is 1. The standard InChI is InChI=1S/C16H19ClN2O2/c1-16(2,10-17)19(3)15-12-9-14-13(20-6-7-21-14)8-11(12)4-5-18-15/h4-5,8-9H,6-7,10H2,1-3H3. The molecule has 2 aromatic rings. The molecule has 0 spiro atoms. The van der Waals surface area contributed by atoms with Crippen molar-refractivity contribution in [3.8, 4) is 11.5 Å². The van der Waals surface area contributed by atoms with E-state index in [9.17, 15) is 0 Å². The maximum absolute atomic E-state index is 6.09. The first-order chi connectivity index (χ1) is 10.0. The zero-order chi connectivity index (χ0) is 15.0. The van der Waals surface area contributed by atoms with E-state index >= 15 is 0 Å². The van der Waals surface area contributed by atoms with Crippen LogP contribution in [-0.4, -0.2) is 36.7 Å². The fourth-order valence-corrected chi connectivity index (χ4v) is 2.52. The monoisotopic (exact) mass is 306 g/mol. The van der Waals surface area contributed by atoms with Crippen molar-refractivity contribution in [1.29, 1.82) is 0 Å². The van der Waals surface area contributed by atoms with E-state index in [1.807, 2.05) is 31.4 Å². The third-order valence-corrected chi connectivity index (χ3v) is 4.61. The van der Waals surface area contributed by atoms with Gasteiger partial charge in [0.1, 0.15) is 19.0 Å². The van der Waals surface area contributed by atoms with Crippen molar-refractivity contribution in [1.82, 2.24) is 4.98 Å². The highest BCUT2D eigenvalue weighted by Crippen LogP contribution is 2.38. The highest BCUT2D eigenvalue weighted by molar-refractivity contribution is 6.18. The first-order valence-corrected chi connectivity index (χ1v) is 7.54. The Labute approximate surface area is 129 Å². The summed E-state index contributed by atoms with van der Waals surface area (Å²) in [5, 5.41) is 2.13. The van der Waals surface area contributed by atoms with Gasteiger partial charge in [0.05, 0.1) is 0 Å². The van der Waals surface area contributed by atoms with Gasteiger partial charge in [0, 0.05) is 30.0 Å². The molecule has 0 aliphatic carbocycles. The van der Waals surface area contributed by atoms with E-state index in [1.54, 1.807) is 0 Å². The fraction of sp³-hybridized carbons (Fsp3) is 0.438. The number of fused-ring (bicyclic) bond motifs is 2. The Bertz CT molecular complexity index is 673. The normalized spacial score (nSPS) is 14.3. The van der Waals surface area contributed by atoms with Crippen LogP contribution in [0.2, 0.25) is 0 Å². The highest BCUT2D eigenvalue weighted by atomic mass is 35.5. The summed E-state index contributed by atoms with van der Waals surface area (Å²) in [4.78, 5) is 6.65. The van der Waals surface area contributed by atoms with Gasteiger partial charge in [-0.3, -0.25) is 0 Å². The molecule has 0 fully saturated rings. The molecule has 112 valence electrons. The average molecular weight is 307 g/mol. The molecule has 0 N–H and O–H groups in total. The van der Waals surface area contributed by atoms with Gasteiger partial charge in [0.15, 0.2) is 11.5 Å². The molecule has 0 unspecified atom stereocenters. The van der Waals surface area contributed by atoms with Crippen molar-refractivity contribution < 1.29 is 9.47 Å². The van der Waals surface area contributed by atoms with Gasteiger partial charge >= 0.3 is 0 Å². The van der Waals surface area contributed by atoms with Crippen LogP contribution in [0.3, 0.4) is 0 Å². The Kier molecular flexibility index (Phi) is 3.57. The second kappa shape index (κ2) is 5.26. The minimum absolute atomic E-state index is 0.184. The molecule has 0 radical (unpaired) electrons. The minimum Gasteiger partial charge on any atom is -0.486 e. The van der Waals surface area contributed by atoms with Gasteiger partial charge in [-0.15, -0.1) is 11.6 Å². The number of anilines is 1. The van der Waals surface area contributed by atoms with E-state index in [-0.39, 0.29) is 5.54 Å². The molecular weight excluding hydrogens is 288 g/mol. The molecule has 3 rings (SSSR count). The molecule has 0 atom stereocenters. The lowest BCUT2D eigenvalue weighted by atomic mass is 10.0. The van der Waals surface area contributed by atoms with Crippen LogP contribution in [0, 0.1) is 0 Å². The van der Waals surface area contributed by atoms with Crippen molar-refractivity contribution in [2.45, 2.75) is 19.4 Å². The van der Waals surface area contributed by atoms with Crippen molar-refractivity contribution >= 4 is 28.2 Å². The van der Waals surface area contributed by atoms with E-state index in [2.05, 4.69) is 23.7 Å². The van der Waals surface area contributed by atoms with Gasteiger partial charge in [-0.25, -0.2) is 4.98 Å². The lowest BCUT2D eigenvalue weighted by Gasteiger charge is -2.35. The molecule has 1 aromatic heterocycles. The van der Waals surface area contributed by atoms with Crippen LogP contribution in [0.4, 0.5) is 5.82 Å². The minimum atomic E-state index is -0.184. The smallest absolute Gasteiger partial charge is 0.162 e. The Hall–Kier alpha value is -1.68. The highest BCUT2D eigenvalue weighted by Gasteiger charge is 2.25. The van der Waals surface area contributed by atoms with Crippen LogP contribution >= 0.6 is 11.6 Å². The zero-order valence-electron chi connectivity index (χ0n) is 12.5. The molecule has 0 bridgehead atoms. The predicted octanol–water partition coefficient (Wildman–Crippen LogP) is 3.46. The topological polar surface area (TPSA) is 34.6 Å². The van der Waals surface area contributed by atoms with Crippen LogP contribution in [0.15, 0.2) is 24.4 Å². The zero-order valence-corrected chi connectivity index (χ0v) is 13.3. The van der Waals surface area contributed by atoms with E-state index < -0.39 is 0 Å². The van der Waals surface area contributed by atoms with Crippen LogP contribution in [0.1, 0.15) is 13.8 Å². The van der Waals surface area contributed by atoms with Gasteiger partial charge in [-0.1, -0.05) is 0 Å². The Morgan fingerprint density at radius 3 is 2.57 bits per heavy atom. The average Bonchev–Trinajstić information content (AvgIpc) is 2.51. The van der Waals surface area contributed by atoms with E-state index in [1.165, 1.54) is 0 Å². The van der Waals surface area contributed by atoms with Gasteiger partial charge < -0.3 is 14.4 Å². The summed E-state index contributed by atoms with van der Waals surface area (Å²) in [6.45, 7) is 5.36. The molecule has 5 heteroatoms. The number of rotatable bonds is 3. The largest absolute Gasteiger partial charge is 0.486 e. The quantitative estimate of drug-likeness (QED) is 0.813. The van der Waals surface area contributed by atoms with Gasteiger partial charge in [0.25, 0.3) is 0 Å². The molecule has 0 saturated carbocycles. The summed E-state index contributed by atoms with van der Waals surface area (Å²) < 4.78 is 11.3. The Morgan fingerprint density at radius 1 is 1.24 bits per heavy atom. The molecule has 4 nitrogen and oxygen atoms in total. The summed E-state index contributed by atoms with van der Waals surface area (Å²) in [6.07, 6.45) is 1.81. The van der Waals surface area contributed by atoms with Crippen LogP contribution < -0.4 is 14.4 Å². The molecule has 0 amide bonds. The molecule has 0 saturated heterocycles. The summed E-state index contributed by atoms with van der Waals surface area (Å²) >= 11 is 6.09. The first-order valence-electron chi connectivity index (χ1n) is 7.01. The number of nitrogens with zero attached hydrogens (tertiary/aromatic N) is 2. The van der Waals surface area contributed by atoms with Crippen LogP contribution in [0.5, 0.6) is 11.5 Å². The number of benzene rings is 1. The van der Waals surface area contributed by atoms with E-state index in [0.717, 1.165) is 28.1 Å². The molecule has 1 aliphatic rings. The lowest BCUT2D eigenvalue weighted by molar-refractivity contribution is 0.172. The van der Waals surface area contributed by atoms with Gasteiger partial charge in [0.2, 0.25) is 0 Å². The maximum atomic E-state index is 6.09. The summed E-state index contributed by atoms with van der Waals surface area (Å²) in [6, 6.07) is 6.00. The fourth-order valence-electron chi connectivity index (χ4n) is 2.34. The maximum Gasteiger partial charge on any atom is 0.162 e.